The maximum Gasteiger partial charge on any atom is 0.164 e. The predicted octanol–water partition coefficient (Wildman–Crippen LogP) is 3.66. The minimum Gasteiger partial charge on any atom is -0.368 e. The van der Waals surface area contributed by atoms with Gasteiger partial charge in [0.15, 0.2) is 5.78 Å². The van der Waals surface area contributed by atoms with Crippen LogP contribution in [0.2, 0.25) is 0 Å². The molecule has 0 aromatic heterocycles. The van der Waals surface area contributed by atoms with E-state index >= 15 is 0 Å². The van der Waals surface area contributed by atoms with Crippen LogP contribution in [0.5, 0.6) is 0 Å². The zero-order chi connectivity index (χ0) is 17.1. The van der Waals surface area contributed by atoms with E-state index in [2.05, 4.69) is 41.0 Å². The molecule has 0 radical (unpaired) electrons. The first kappa shape index (κ1) is 16.7. The maximum atomic E-state index is 14.0. The van der Waals surface area contributed by atoms with E-state index in [0.29, 0.717) is 0 Å². The molecule has 0 amide bonds. The van der Waals surface area contributed by atoms with E-state index in [9.17, 15) is 9.18 Å². The van der Waals surface area contributed by atoms with Gasteiger partial charge in [0, 0.05) is 32.7 Å². The predicted molar refractivity (Wildman–Crippen MR) is 95.1 cm³/mol. The van der Waals surface area contributed by atoms with Crippen molar-refractivity contribution in [3.05, 3.63) is 65.0 Å². The molecule has 4 heteroatoms. The molecule has 0 atom stereocenters. The molecule has 1 aliphatic heterocycles. The summed E-state index contributed by atoms with van der Waals surface area (Å²) >= 11 is 0. The summed E-state index contributed by atoms with van der Waals surface area (Å²) in [5, 5.41) is 0. The van der Waals surface area contributed by atoms with Gasteiger partial charge in [0.25, 0.3) is 0 Å². The van der Waals surface area contributed by atoms with Crippen molar-refractivity contribution in [1.29, 1.82) is 0 Å². The van der Waals surface area contributed by atoms with Crippen LogP contribution in [0.3, 0.4) is 0 Å². The van der Waals surface area contributed by atoms with Gasteiger partial charge in [0.2, 0.25) is 0 Å². The number of carbonyl (C=O) groups is 1. The number of halogens is 1. The second kappa shape index (κ2) is 7.14. The van der Waals surface area contributed by atoms with Crippen molar-refractivity contribution in [2.24, 2.45) is 0 Å². The van der Waals surface area contributed by atoms with Crippen LogP contribution in [0.25, 0.3) is 0 Å². The first-order chi connectivity index (χ1) is 11.6. The molecule has 0 saturated carbocycles. The highest BCUT2D eigenvalue weighted by Gasteiger charge is 2.22. The Bertz CT molecular complexity index is 736. The maximum absolute atomic E-state index is 14.0. The Morgan fingerprint density at radius 2 is 1.75 bits per heavy atom. The summed E-state index contributed by atoms with van der Waals surface area (Å²) in [5.74, 6) is -0.646. The monoisotopic (exact) mass is 326 g/mol. The summed E-state index contributed by atoms with van der Waals surface area (Å²) in [4.78, 5) is 16.3. The van der Waals surface area contributed by atoms with Crippen molar-refractivity contribution in [2.75, 3.05) is 31.1 Å². The molecular formula is C20H23FN2O. The molecule has 3 rings (SSSR count). The third kappa shape index (κ3) is 3.49. The highest BCUT2D eigenvalue weighted by molar-refractivity contribution is 6.00. The first-order valence-corrected chi connectivity index (χ1v) is 8.37. The van der Waals surface area contributed by atoms with Gasteiger partial charge in [0.05, 0.1) is 11.3 Å². The number of nitrogens with zero attached hydrogens (tertiary/aromatic N) is 2. The third-order valence-corrected chi connectivity index (χ3v) is 4.71. The van der Waals surface area contributed by atoms with Crippen molar-refractivity contribution in [3.8, 4) is 0 Å². The van der Waals surface area contributed by atoms with Crippen molar-refractivity contribution in [2.45, 2.75) is 20.4 Å². The Labute approximate surface area is 142 Å². The number of piperazine rings is 1. The standard InChI is InChI=1S/C20H23FN2O/c1-15-6-3-4-7-17(15)14-22-10-12-23(13-11-22)19-9-5-8-18(21)20(19)16(2)24/h3-9H,10-14H2,1-2H3. The molecule has 2 aromatic carbocycles. The number of ketones is 1. The Kier molecular flexibility index (Phi) is 4.95. The lowest BCUT2D eigenvalue weighted by Gasteiger charge is -2.37. The number of carbonyl (C=O) groups excluding carboxylic acids is 1. The molecule has 1 fully saturated rings. The summed E-state index contributed by atoms with van der Waals surface area (Å²) in [6, 6.07) is 13.3. The third-order valence-electron chi connectivity index (χ3n) is 4.71. The van der Waals surface area contributed by atoms with Crippen LogP contribution in [0, 0.1) is 12.7 Å². The van der Waals surface area contributed by atoms with Crippen molar-refractivity contribution < 1.29 is 9.18 Å². The van der Waals surface area contributed by atoms with Gasteiger partial charge in [-0.15, -0.1) is 0 Å². The number of anilines is 1. The highest BCUT2D eigenvalue weighted by Crippen LogP contribution is 2.25. The molecule has 126 valence electrons. The molecule has 1 aliphatic rings. The lowest BCUT2D eigenvalue weighted by molar-refractivity contribution is 0.101. The molecule has 0 spiro atoms. The van der Waals surface area contributed by atoms with Crippen LogP contribution in [0.1, 0.15) is 28.4 Å². The minimum atomic E-state index is -0.428. The summed E-state index contributed by atoms with van der Waals surface area (Å²) in [6.07, 6.45) is 0. The van der Waals surface area contributed by atoms with Gasteiger partial charge < -0.3 is 4.90 Å². The highest BCUT2D eigenvalue weighted by atomic mass is 19.1. The fourth-order valence-electron chi connectivity index (χ4n) is 3.30. The Hall–Kier alpha value is -2.20. The zero-order valence-corrected chi connectivity index (χ0v) is 14.3. The van der Waals surface area contributed by atoms with Crippen molar-refractivity contribution in [3.63, 3.8) is 0 Å². The number of aryl methyl sites for hydroxylation is 1. The first-order valence-electron chi connectivity index (χ1n) is 8.37. The Morgan fingerprint density at radius 1 is 1.04 bits per heavy atom. The molecule has 0 bridgehead atoms. The van der Waals surface area contributed by atoms with Crippen molar-refractivity contribution in [1.82, 2.24) is 4.90 Å². The number of benzene rings is 2. The normalized spacial score (nSPS) is 15.5. The molecule has 0 N–H and O–H groups in total. The van der Waals surface area contributed by atoms with Gasteiger partial charge >= 0.3 is 0 Å². The average Bonchev–Trinajstić information content (AvgIpc) is 2.57. The molecule has 0 aliphatic carbocycles. The summed E-state index contributed by atoms with van der Waals surface area (Å²) in [5.41, 5.74) is 3.59. The largest absolute Gasteiger partial charge is 0.368 e. The zero-order valence-electron chi connectivity index (χ0n) is 14.3. The van der Waals surface area contributed by atoms with E-state index in [0.717, 1.165) is 38.4 Å². The number of hydrogen-bond donors (Lipinski definition) is 0. The molecule has 1 saturated heterocycles. The molecular weight excluding hydrogens is 303 g/mol. The number of Topliss-reactive ketones (excluding diaryl/α,β-unsaturated/α-hetero) is 1. The smallest absolute Gasteiger partial charge is 0.164 e. The fraction of sp³-hybridized carbons (Fsp3) is 0.350. The van der Waals surface area contributed by atoms with E-state index < -0.39 is 5.82 Å². The Morgan fingerprint density at radius 3 is 2.42 bits per heavy atom. The number of hydrogen-bond acceptors (Lipinski definition) is 3. The average molecular weight is 326 g/mol. The number of rotatable bonds is 4. The van der Waals surface area contributed by atoms with Crippen LogP contribution in [-0.4, -0.2) is 36.9 Å². The minimum absolute atomic E-state index is 0.213. The van der Waals surface area contributed by atoms with Gasteiger partial charge in [-0.25, -0.2) is 4.39 Å². The van der Waals surface area contributed by atoms with Gasteiger partial charge in [-0.2, -0.15) is 0 Å². The summed E-state index contributed by atoms with van der Waals surface area (Å²) < 4.78 is 14.0. The fourth-order valence-corrected chi connectivity index (χ4v) is 3.30. The van der Waals surface area contributed by atoms with Crippen LogP contribution in [0.15, 0.2) is 42.5 Å². The van der Waals surface area contributed by atoms with Gasteiger partial charge in [-0.3, -0.25) is 9.69 Å². The summed E-state index contributed by atoms with van der Waals surface area (Å²) in [7, 11) is 0. The molecule has 2 aromatic rings. The topological polar surface area (TPSA) is 23.6 Å². The molecule has 1 heterocycles. The van der Waals surface area contributed by atoms with Crippen LogP contribution in [0.4, 0.5) is 10.1 Å². The van der Waals surface area contributed by atoms with Gasteiger partial charge in [-0.05, 0) is 37.1 Å². The second-order valence-electron chi connectivity index (χ2n) is 6.38. The lowest BCUT2D eigenvalue weighted by atomic mass is 10.1. The second-order valence-corrected chi connectivity index (χ2v) is 6.38. The molecule has 24 heavy (non-hydrogen) atoms. The Balaban J connectivity index is 1.69. The van der Waals surface area contributed by atoms with Crippen LogP contribution < -0.4 is 4.90 Å². The van der Waals surface area contributed by atoms with E-state index in [1.165, 1.54) is 24.1 Å². The van der Waals surface area contributed by atoms with E-state index in [1.807, 2.05) is 6.07 Å². The van der Waals surface area contributed by atoms with Crippen LogP contribution in [-0.2, 0) is 6.54 Å². The van der Waals surface area contributed by atoms with E-state index in [4.69, 9.17) is 0 Å². The molecule has 3 nitrogen and oxygen atoms in total. The van der Waals surface area contributed by atoms with Crippen molar-refractivity contribution >= 4 is 11.5 Å². The van der Waals surface area contributed by atoms with E-state index in [1.54, 1.807) is 6.07 Å². The van der Waals surface area contributed by atoms with Gasteiger partial charge in [-0.1, -0.05) is 30.3 Å². The van der Waals surface area contributed by atoms with E-state index in [-0.39, 0.29) is 11.3 Å². The molecule has 0 unspecified atom stereocenters. The lowest BCUT2D eigenvalue weighted by Crippen LogP contribution is -2.46. The summed E-state index contributed by atoms with van der Waals surface area (Å²) in [6.45, 7) is 7.91. The SMILES string of the molecule is CC(=O)c1c(F)cccc1N1CCN(Cc2ccccc2C)CC1. The van der Waals surface area contributed by atoms with Gasteiger partial charge in [0.1, 0.15) is 5.82 Å². The quantitative estimate of drug-likeness (QED) is 0.801. The van der Waals surface area contributed by atoms with Crippen LogP contribution >= 0.6 is 0 Å².